The van der Waals surface area contributed by atoms with Crippen molar-refractivity contribution in [3.8, 4) is 0 Å². The average molecular weight is 319 g/mol. The summed E-state index contributed by atoms with van der Waals surface area (Å²) < 4.78 is 43.7. The number of rotatable bonds is 1. The molecule has 1 aromatic carbocycles. The highest BCUT2D eigenvalue weighted by Crippen LogP contribution is 2.46. The van der Waals surface area contributed by atoms with Gasteiger partial charge in [0, 0.05) is 5.39 Å². The molecule has 0 atom stereocenters. The van der Waals surface area contributed by atoms with Crippen molar-refractivity contribution < 1.29 is 22.7 Å². The summed E-state index contributed by atoms with van der Waals surface area (Å²) >= 11 is 6.01. The van der Waals surface area contributed by atoms with Gasteiger partial charge in [0.05, 0.1) is 10.9 Å². The lowest BCUT2D eigenvalue weighted by atomic mass is 9.77. The van der Waals surface area contributed by atoms with Crippen LogP contribution in [-0.2, 0) is 5.60 Å². The average Bonchev–Trinajstić information content (AvgIpc) is 2.84. The number of aliphatic hydroxyl groups is 1. The van der Waals surface area contributed by atoms with Crippen LogP contribution in [0.25, 0.3) is 11.0 Å². The molecule has 1 heterocycles. The van der Waals surface area contributed by atoms with E-state index in [1.54, 1.807) is 24.3 Å². The van der Waals surface area contributed by atoms with Gasteiger partial charge in [0.1, 0.15) is 11.4 Å². The molecule has 0 spiro atoms. The Bertz CT molecular complexity index is 654. The zero-order valence-electron chi connectivity index (χ0n) is 11.1. The van der Waals surface area contributed by atoms with Gasteiger partial charge in [-0.1, -0.05) is 23.7 Å². The van der Waals surface area contributed by atoms with Gasteiger partial charge in [0.2, 0.25) is 0 Å². The molecular formula is C15H14ClF3O2. The summed E-state index contributed by atoms with van der Waals surface area (Å²) in [7, 11) is 0. The lowest BCUT2D eigenvalue weighted by Gasteiger charge is -2.35. The topological polar surface area (TPSA) is 33.4 Å². The van der Waals surface area contributed by atoms with E-state index in [-0.39, 0.29) is 25.7 Å². The largest absolute Gasteiger partial charge is 0.456 e. The van der Waals surface area contributed by atoms with Gasteiger partial charge in [-0.15, -0.1) is 0 Å². The second-order valence-electron chi connectivity index (χ2n) is 5.62. The zero-order valence-corrected chi connectivity index (χ0v) is 11.8. The predicted octanol–water partition coefficient (Wildman–Crippen LogP) is 5.03. The van der Waals surface area contributed by atoms with Crippen LogP contribution < -0.4 is 0 Å². The summed E-state index contributed by atoms with van der Waals surface area (Å²) in [6.45, 7) is 0. The molecule has 2 aromatic rings. The van der Waals surface area contributed by atoms with Crippen molar-refractivity contribution in [2.75, 3.05) is 0 Å². The highest BCUT2D eigenvalue weighted by Gasteiger charge is 2.46. The summed E-state index contributed by atoms with van der Waals surface area (Å²) in [6, 6.07) is 6.88. The fourth-order valence-corrected chi connectivity index (χ4v) is 3.15. The molecule has 2 nitrogen and oxygen atoms in total. The summed E-state index contributed by atoms with van der Waals surface area (Å²) in [5, 5.41) is 11.8. The molecular weight excluding hydrogens is 305 g/mol. The fourth-order valence-electron chi connectivity index (χ4n) is 2.93. The first-order valence-electron chi connectivity index (χ1n) is 6.77. The van der Waals surface area contributed by atoms with Crippen LogP contribution in [0.2, 0.25) is 5.02 Å². The Labute approximate surface area is 124 Å². The lowest BCUT2D eigenvalue weighted by Crippen LogP contribution is -2.36. The molecule has 1 saturated carbocycles. The van der Waals surface area contributed by atoms with E-state index in [2.05, 4.69) is 0 Å². The molecule has 1 aromatic heterocycles. The third-order valence-corrected chi connectivity index (χ3v) is 4.53. The van der Waals surface area contributed by atoms with Crippen molar-refractivity contribution in [3.05, 3.63) is 35.0 Å². The molecule has 0 amide bonds. The number of benzene rings is 1. The number of furan rings is 1. The van der Waals surface area contributed by atoms with Gasteiger partial charge in [-0.2, -0.15) is 13.2 Å². The van der Waals surface area contributed by atoms with Crippen molar-refractivity contribution in [1.29, 1.82) is 0 Å². The van der Waals surface area contributed by atoms with E-state index < -0.39 is 17.7 Å². The van der Waals surface area contributed by atoms with E-state index >= 15 is 0 Å². The van der Waals surface area contributed by atoms with Crippen molar-refractivity contribution >= 4 is 22.6 Å². The Hall–Kier alpha value is -1.20. The number of halogens is 4. The summed E-state index contributed by atoms with van der Waals surface area (Å²) in [5.74, 6) is -1.04. The molecule has 0 bridgehead atoms. The van der Waals surface area contributed by atoms with Gasteiger partial charge in [-0.25, -0.2) is 0 Å². The second-order valence-corrected chi connectivity index (χ2v) is 6.02. The molecule has 0 saturated heterocycles. The molecule has 1 fully saturated rings. The molecule has 1 N–H and O–H groups in total. The Morgan fingerprint density at radius 1 is 1.24 bits per heavy atom. The van der Waals surface area contributed by atoms with E-state index in [0.717, 1.165) is 5.39 Å². The van der Waals surface area contributed by atoms with E-state index in [1.165, 1.54) is 0 Å². The Morgan fingerprint density at radius 3 is 2.48 bits per heavy atom. The minimum Gasteiger partial charge on any atom is -0.456 e. The normalized spacial score (nSPS) is 27.2. The van der Waals surface area contributed by atoms with Crippen LogP contribution in [0.15, 0.2) is 28.7 Å². The van der Waals surface area contributed by atoms with Crippen LogP contribution in [0.5, 0.6) is 0 Å². The first-order valence-corrected chi connectivity index (χ1v) is 7.15. The third kappa shape index (κ3) is 2.64. The van der Waals surface area contributed by atoms with Crippen LogP contribution in [0.4, 0.5) is 13.2 Å². The predicted molar refractivity (Wildman–Crippen MR) is 73.1 cm³/mol. The molecule has 0 unspecified atom stereocenters. The second kappa shape index (κ2) is 4.92. The van der Waals surface area contributed by atoms with Crippen LogP contribution in [0.1, 0.15) is 31.4 Å². The summed E-state index contributed by atoms with van der Waals surface area (Å²) in [6.07, 6.45) is -4.31. The van der Waals surface area contributed by atoms with Gasteiger partial charge in [0.15, 0.2) is 5.58 Å². The van der Waals surface area contributed by atoms with E-state index in [4.69, 9.17) is 16.0 Å². The molecule has 114 valence electrons. The number of hydrogen-bond acceptors (Lipinski definition) is 2. The monoisotopic (exact) mass is 318 g/mol. The highest BCUT2D eigenvalue weighted by molar-refractivity contribution is 6.34. The van der Waals surface area contributed by atoms with Crippen LogP contribution in [-0.4, -0.2) is 11.3 Å². The number of hydrogen-bond donors (Lipinski definition) is 1. The van der Waals surface area contributed by atoms with Gasteiger partial charge >= 0.3 is 6.18 Å². The van der Waals surface area contributed by atoms with Crippen LogP contribution >= 0.6 is 11.6 Å². The van der Waals surface area contributed by atoms with E-state index in [9.17, 15) is 18.3 Å². The number of fused-ring (bicyclic) bond motifs is 1. The fraction of sp³-hybridized carbons (Fsp3) is 0.467. The zero-order chi connectivity index (χ0) is 15.3. The molecule has 0 radical (unpaired) electrons. The first-order chi connectivity index (χ1) is 9.79. The minimum absolute atomic E-state index is 0.0363. The molecule has 21 heavy (non-hydrogen) atoms. The molecule has 0 aliphatic heterocycles. The van der Waals surface area contributed by atoms with E-state index in [1.807, 2.05) is 0 Å². The van der Waals surface area contributed by atoms with Gasteiger partial charge < -0.3 is 9.52 Å². The highest BCUT2D eigenvalue weighted by atomic mass is 35.5. The van der Waals surface area contributed by atoms with Gasteiger partial charge in [-0.05, 0) is 37.8 Å². The Balaban J connectivity index is 1.87. The van der Waals surface area contributed by atoms with Gasteiger partial charge in [0.25, 0.3) is 0 Å². The maximum absolute atomic E-state index is 12.7. The number of para-hydroxylation sites is 1. The first kappa shape index (κ1) is 14.7. The molecule has 3 rings (SSSR count). The third-order valence-electron chi connectivity index (χ3n) is 4.23. The minimum atomic E-state index is -4.20. The Morgan fingerprint density at radius 2 is 1.90 bits per heavy atom. The maximum Gasteiger partial charge on any atom is 0.391 e. The van der Waals surface area contributed by atoms with Crippen molar-refractivity contribution in [2.45, 2.75) is 37.5 Å². The van der Waals surface area contributed by atoms with Crippen molar-refractivity contribution in [2.24, 2.45) is 5.92 Å². The maximum atomic E-state index is 12.7. The van der Waals surface area contributed by atoms with Crippen LogP contribution in [0.3, 0.4) is 0 Å². The molecule has 1 aliphatic rings. The summed E-state index contributed by atoms with van der Waals surface area (Å²) in [5.41, 5.74) is -0.884. The quantitative estimate of drug-likeness (QED) is 0.800. The van der Waals surface area contributed by atoms with Crippen LogP contribution in [0, 0.1) is 5.92 Å². The SMILES string of the molecule is OC1(c2cc3cccc(Cl)c3o2)CCC(C(F)(F)F)CC1. The molecule has 1 aliphatic carbocycles. The van der Waals surface area contributed by atoms with Crippen molar-refractivity contribution in [3.63, 3.8) is 0 Å². The Kier molecular flexibility index (Phi) is 3.45. The van der Waals surface area contributed by atoms with E-state index in [0.29, 0.717) is 16.4 Å². The van der Waals surface area contributed by atoms with Crippen molar-refractivity contribution in [1.82, 2.24) is 0 Å². The van der Waals surface area contributed by atoms with Gasteiger partial charge in [-0.3, -0.25) is 0 Å². The molecule has 6 heteroatoms. The lowest BCUT2D eigenvalue weighted by molar-refractivity contribution is -0.194. The smallest absolute Gasteiger partial charge is 0.391 e. The standard InChI is InChI=1S/C15H14ClF3O2/c16-11-3-1-2-9-8-12(21-13(9)11)14(20)6-4-10(5-7-14)15(17,18)19/h1-3,8,10,20H,4-7H2. The number of alkyl halides is 3. The summed E-state index contributed by atoms with van der Waals surface area (Å²) in [4.78, 5) is 0.